The third-order valence-electron chi connectivity index (χ3n) is 2.04. The van der Waals surface area contributed by atoms with E-state index in [0.717, 1.165) is 17.0 Å². The number of aryl methyl sites for hydroxylation is 1. The fraction of sp³-hybridized carbons (Fsp3) is 0.364. The first-order chi connectivity index (χ1) is 7.48. The lowest BCUT2D eigenvalue weighted by atomic mass is 10.2. The molecule has 2 heterocycles. The lowest BCUT2D eigenvalue weighted by Gasteiger charge is -2.04. The fourth-order valence-corrected chi connectivity index (χ4v) is 1.30. The van der Waals surface area contributed by atoms with Crippen molar-refractivity contribution in [2.24, 2.45) is 0 Å². The van der Waals surface area contributed by atoms with Crippen molar-refractivity contribution >= 4 is 11.0 Å². The van der Waals surface area contributed by atoms with Gasteiger partial charge in [0.05, 0.1) is 0 Å². The summed E-state index contributed by atoms with van der Waals surface area (Å²) < 4.78 is 36.7. The standard InChI is InChI=1S/C9H7F3N2.C2H6/c1-5-4-13-8-6(5)2-3-7(14-8)9(10,11)12;1-2/h2-4H,1H3,(H,13,14);1-2H3. The Morgan fingerprint density at radius 1 is 1.19 bits per heavy atom. The van der Waals surface area contributed by atoms with Crippen LogP contribution < -0.4 is 0 Å². The van der Waals surface area contributed by atoms with Crippen LogP contribution in [0.3, 0.4) is 0 Å². The SMILES string of the molecule is CC.Cc1c[nH]c2nc(C(F)(F)F)ccc12. The summed E-state index contributed by atoms with van der Waals surface area (Å²) in [6.07, 6.45) is -2.75. The third kappa shape index (κ3) is 2.35. The molecule has 2 nitrogen and oxygen atoms in total. The Morgan fingerprint density at radius 3 is 2.38 bits per heavy atom. The molecule has 0 atom stereocenters. The molecule has 0 unspecified atom stereocenters. The highest BCUT2D eigenvalue weighted by Crippen LogP contribution is 2.29. The second-order valence-electron chi connectivity index (χ2n) is 3.06. The van der Waals surface area contributed by atoms with E-state index in [1.54, 1.807) is 6.20 Å². The average Bonchev–Trinajstić information content (AvgIpc) is 2.62. The van der Waals surface area contributed by atoms with Crippen molar-refractivity contribution < 1.29 is 13.2 Å². The summed E-state index contributed by atoms with van der Waals surface area (Å²) in [5.41, 5.74) is 0.297. The molecular weight excluding hydrogens is 217 g/mol. The number of aromatic amines is 1. The number of pyridine rings is 1. The maximum atomic E-state index is 12.2. The largest absolute Gasteiger partial charge is 0.433 e. The van der Waals surface area contributed by atoms with Gasteiger partial charge in [0.15, 0.2) is 0 Å². The zero-order valence-corrected chi connectivity index (χ0v) is 9.31. The van der Waals surface area contributed by atoms with Crippen LogP contribution in [0.25, 0.3) is 11.0 Å². The molecule has 0 fully saturated rings. The van der Waals surface area contributed by atoms with Crippen LogP contribution in [0.15, 0.2) is 18.3 Å². The van der Waals surface area contributed by atoms with Crippen molar-refractivity contribution in [3.05, 3.63) is 29.6 Å². The molecule has 88 valence electrons. The van der Waals surface area contributed by atoms with Gasteiger partial charge in [0.1, 0.15) is 11.3 Å². The minimum Gasteiger partial charge on any atom is -0.346 e. The molecule has 0 aliphatic carbocycles. The van der Waals surface area contributed by atoms with E-state index in [9.17, 15) is 13.2 Å². The molecule has 1 N–H and O–H groups in total. The Labute approximate surface area is 91.5 Å². The molecule has 16 heavy (non-hydrogen) atoms. The topological polar surface area (TPSA) is 28.7 Å². The van der Waals surface area contributed by atoms with E-state index in [2.05, 4.69) is 9.97 Å². The summed E-state index contributed by atoms with van der Waals surface area (Å²) >= 11 is 0. The number of halogens is 3. The molecule has 0 aliphatic rings. The summed E-state index contributed by atoms with van der Waals surface area (Å²) in [4.78, 5) is 6.18. The van der Waals surface area contributed by atoms with Gasteiger partial charge in [0.25, 0.3) is 0 Å². The zero-order chi connectivity index (χ0) is 12.3. The second-order valence-corrected chi connectivity index (χ2v) is 3.06. The Hall–Kier alpha value is -1.52. The van der Waals surface area contributed by atoms with Crippen LogP contribution in [0.2, 0.25) is 0 Å². The van der Waals surface area contributed by atoms with Gasteiger partial charge in [-0.2, -0.15) is 13.2 Å². The van der Waals surface area contributed by atoms with E-state index < -0.39 is 11.9 Å². The molecule has 0 saturated carbocycles. The summed E-state index contributed by atoms with van der Waals surface area (Å²) in [5.74, 6) is 0. The highest BCUT2D eigenvalue weighted by Gasteiger charge is 2.32. The van der Waals surface area contributed by atoms with E-state index in [1.165, 1.54) is 6.07 Å². The van der Waals surface area contributed by atoms with Gasteiger partial charge < -0.3 is 4.98 Å². The number of alkyl halides is 3. The molecule has 5 heteroatoms. The summed E-state index contributed by atoms with van der Waals surface area (Å²) in [5, 5.41) is 0.720. The number of aromatic nitrogens is 2. The van der Waals surface area contributed by atoms with E-state index in [4.69, 9.17) is 0 Å². The van der Waals surface area contributed by atoms with E-state index in [1.807, 2.05) is 20.8 Å². The lowest BCUT2D eigenvalue weighted by molar-refractivity contribution is -0.141. The number of H-pyrrole nitrogens is 1. The molecule has 0 spiro atoms. The first-order valence-electron chi connectivity index (χ1n) is 5.00. The van der Waals surface area contributed by atoms with Gasteiger partial charge in [0.2, 0.25) is 0 Å². The Kier molecular flexibility index (Phi) is 3.57. The van der Waals surface area contributed by atoms with Crippen LogP contribution in [0.5, 0.6) is 0 Å². The van der Waals surface area contributed by atoms with Gasteiger partial charge in [-0.3, -0.25) is 0 Å². The van der Waals surface area contributed by atoms with Crippen LogP contribution in [0.1, 0.15) is 25.1 Å². The number of nitrogens with zero attached hydrogens (tertiary/aromatic N) is 1. The van der Waals surface area contributed by atoms with Crippen molar-refractivity contribution in [2.45, 2.75) is 26.9 Å². The van der Waals surface area contributed by atoms with Gasteiger partial charge in [-0.25, -0.2) is 4.98 Å². The summed E-state index contributed by atoms with van der Waals surface area (Å²) in [7, 11) is 0. The minimum atomic E-state index is -4.38. The van der Waals surface area contributed by atoms with Gasteiger partial charge >= 0.3 is 6.18 Å². The Balaban J connectivity index is 0.000000606. The van der Waals surface area contributed by atoms with Crippen molar-refractivity contribution in [3.8, 4) is 0 Å². The van der Waals surface area contributed by atoms with Crippen molar-refractivity contribution in [1.29, 1.82) is 0 Å². The van der Waals surface area contributed by atoms with Gasteiger partial charge in [-0.15, -0.1) is 0 Å². The predicted molar refractivity (Wildman–Crippen MR) is 57.2 cm³/mol. The van der Waals surface area contributed by atoms with Crippen molar-refractivity contribution in [2.75, 3.05) is 0 Å². The quantitative estimate of drug-likeness (QED) is 0.730. The van der Waals surface area contributed by atoms with Crippen molar-refractivity contribution in [1.82, 2.24) is 9.97 Å². The molecule has 0 bridgehead atoms. The van der Waals surface area contributed by atoms with Crippen LogP contribution >= 0.6 is 0 Å². The van der Waals surface area contributed by atoms with Crippen LogP contribution in [0, 0.1) is 6.92 Å². The van der Waals surface area contributed by atoms with E-state index in [-0.39, 0.29) is 5.65 Å². The van der Waals surface area contributed by atoms with E-state index in [0.29, 0.717) is 0 Å². The molecule has 2 rings (SSSR count). The molecule has 0 saturated heterocycles. The van der Waals surface area contributed by atoms with E-state index >= 15 is 0 Å². The van der Waals surface area contributed by atoms with Crippen LogP contribution in [-0.2, 0) is 6.18 Å². The van der Waals surface area contributed by atoms with Gasteiger partial charge in [0, 0.05) is 11.6 Å². The number of hydrogen-bond acceptors (Lipinski definition) is 1. The minimum absolute atomic E-state index is 0.275. The Bertz CT molecular complexity index is 472. The summed E-state index contributed by atoms with van der Waals surface area (Å²) in [6.45, 7) is 5.81. The van der Waals surface area contributed by atoms with Crippen molar-refractivity contribution in [3.63, 3.8) is 0 Å². The predicted octanol–water partition coefficient (Wildman–Crippen LogP) is 3.92. The highest BCUT2D eigenvalue weighted by molar-refractivity contribution is 5.79. The maximum Gasteiger partial charge on any atom is 0.433 e. The van der Waals surface area contributed by atoms with Gasteiger partial charge in [-0.1, -0.05) is 13.8 Å². The molecule has 0 amide bonds. The number of nitrogens with one attached hydrogen (secondary N) is 1. The monoisotopic (exact) mass is 230 g/mol. The molecule has 2 aromatic rings. The fourth-order valence-electron chi connectivity index (χ4n) is 1.30. The van der Waals surface area contributed by atoms with Crippen LogP contribution in [0.4, 0.5) is 13.2 Å². The highest BCUT2D eigenvalue weighted by atomic mass is 19.4. The number of rotatable bonds is 0. The molecular formula is C11H13F3N2. The average molecular weight is 230 g/mol. The lowest BCUT2D eigenvalue weighted by Crippen LogP contribution is -2.07. The Morgan fingerprint density at radius 2 is 1.81 bits per heavy atom. The van der Waals surface area contributed by atoms with Crippen LogP contribution in [-0.4, -0.2) is 9.97 Å². The maximum absolute atomic E-state index is 12.2. The molecule has 0 aliphatic heterocycles. The molecule has 2 aromatic heterocycles. The molecule has 0 radical (unpaired) electrons. The second kappa shape index (κ2) is 4.55. The zero-order valence-electron chi connectivity index (χ0n) is 9.31. The smallest absolute Gasteiger partial charge is 0.346 e. The summed E-state index contributed by atoms with van der Waals surface area (Å²) in [6, 6.07) is 2.42. The number of fused-ring (bicyclic) bond motifs is 1. The van der Waals surface area contributed by atoms with Gasteiger partial charge in [-0.05, 0) is 24.6 Å². The first kappa shape index (κ1) is 12.5. The third-order valence-corrected chi connectivity index (χ3v) is 2.04. The first-order valence-corrected chi connectivity index (χ1v) is 5.00. The number of hydrogen-bond donors (Lipinski definition) is 1. The normalized spacial score (nSPS) is 11.1. The molecule has 0 aromatic carbocycles.